The highest BCUT2D eigenvalue weighted by Crippen LogP contribution is 2.24. The fourth-order valence-corrected chi connectivity index (χ4v) is 2.24. The van der Waals surface area contributed by atoms with Crippen molar-refractivity contribution in [1.29, 1.82) is 0 Å². The van der Waals surface area contributed by atoms with E-state index in [4.69, 9.17) is 5.11 Å². The lowest BCUT2D eigenvalue weighted by Gasteiger charge is -2.21. The van der Waals surface area contributed by atoms with Gasteiger partial charge in [0.15, 0.2) is 5.82 Å². The third-order valence-electron chi connectivity index (χ3n) is 3.07. The number of hydrogen-bond donors (Lipinski definition) is 1. The molecule has 88 valence electrons. The predicted octanol–water partition coefficient (Wildman–Crippen LogP) is 0.880. The summed E-state index contributed by atoms with van der Waals surface area (Å²) in [6.07, 6.45) is 6.15. The van der Waals surface area contributed by atoms with Gasteiger partial charge in [-0.15, -0.1) is 5.10 Å². The Morgan fingerprint density at radius 3 is 2.81 bits per heavy atom. The third kappa shape index (κ3) is 2.77. The molecule has 0 amide bonds. The van der Waals surface area contributed by atoms with Crippen LogP contribution in [0, 0.1) is 5.92 Å². The first-order valence-corrected chi connectivity index (χ1v) is 5.72. The smallest absolute Gasteiger partial charge is 0.311 e. The molecule has 2 rings (SSSR count). The van der Waals surface area contributed by atoms with Crippen molar-refractivity contribution in [3.8, 4) is 0 Å². The van der Waals surface area contributed by atoms with Gasteiger partial charge in [-0.1, -0.05) is 19.3 Å². The molecule has 1 aliphatic rings. The molecule has 0 atom stereocenters. The summed E-state index contributed by atoms with van der Waals surface area (Å²) in [5.41, 5.74) is 0. The number of aromatic nitrogens is 4. The lowest BCUT2D eigenvalue weighted by atomic mass is 9.89. The van der Waals surface area contributed by atoms with Gasteiger partial charge in [0.1, 0.15) is 6.42 Å². The SMILES string of the molecule is O=C(O)Cc1nnnn1CC1CCCCC1. The Balaban J connectivity index is 1.97. The second-order valence-electron chi connectivity index (χ2n) is 4.35. The van der Waals surface area contributed by atoms with Gasteiger partial charge in [0.25, 0.3) is 0 Å². The molecule has 1 N–H and O–H groups in total. The molecule has 1 aromatic heterocycles. The van der Waals surface area contributed by atoms with Gasteiger partial charge in [-0.3, -0.25) is 4.79 Å². The molecule has 1 saturated carbocycles. The first kappa shape index (κ1) is 11.0. The van der Waals surface area contributed by atoms with E-state index in [1.165, 1.54) is 32.1 Å². The third-order valence-corrected chi connectivity index (χ3v) is 3.07. The summed E-state index contributed by atoms with van der Waals surface area (Å²) in [5.74, 6) is 0.169. The van der Waals surface area contributed by atoms with Crippen molar-refractivity contribution < 1.29 is 9.90 Å². The summed E-state index contributed by atoms with van der Waals surface area (Å²) < 4.78 is 1.64. The Hall–Kier alpha value is -1.46. The van der Waals surface area contributed by atoms with Crippen molar-refractivity contribution >= 4 is 5.97 Å². The lowest BCUT2D eigenvalue weighted by molar-refractivity contribution is -0.136. The van der Waals surface area contributed by atoms with Gasteiger partial charge in [0, 0.05) is 6.54 Å². The number of carboxylic acid groups (broad SMARTS) is 1. The topological polar surface area (TPSA) is 80.9 Å². The zero-order chi connectivity index (χ0) is 11.4. The molecule has 1 aromatic rings. The first-order chi connectivity index (χ1) is 7.75. The summed E-state index contributed by atoms with van der Waals surface area (Å²) in [6.45, 7) is 0.760. The van der Waals surface area contributed by atoms with Crippen LogP contribution in [0.4, 0.5) is 0 Å². The summed E-state index contributed by atoms with van der Waals surface area (Å²) in [6, 6.07) is 0. The molecule has 6 nitrogen and oxygen atoms in total. The van der Waals surface area contributed by atoms with E-state index in [2.05, 4.69) is 15.5 Å². The van der Waals surface area contributed by atoms with Crippen molar-refractivity contribution in [2.24, 2.45) is 5.92 Å². The van der Waals surface area contributed by atoms with E-state index in [-0.39, 0.29) is 6.42 Å². The summed E-state index contributed by atoms with van der Waals surface area (Å²) >= 11 is 0. The van der Waals surface area contributed by atoms with Crippen LogP contribution in [0.3, 0.4) is 0 Å². The number of aliphatic carboxylic acids is 1. The molecule has 1 fully saturated rings. The summed E-state index contributed by atoms with van der Waals surface area (Å²) in [4.78, 5) is 10.6. The van der Waals surface area contributed by atoms with Crippen molar-refractivity contribution in [3.63, 3.8) is 0 Å². The largest absolute Gasteiger partial charge is 0.481 e. The number of tetrazole rings is 1. The standard InChI is InChI=1S/C10H16N4O2/c15-10(16)6-9-11-12-13-14(9)7-8-4-2-1-3-5-8/h8H,1-7H2,(H,15,16). The van der Waals surface area contributed by atoms with E-state index in [0.29, 0.717) is 11.7 Å². The number of hydrogen-bond acceptors (Lipinski definition) is 4. The minimum atomic E-state index is -0.889. The molecule has 16 heavy (non-hydrogen) atoms. The van der Waals surface area contributed by atoms with Gasteiger partial charge < -0.3 is 5.11 Å². The highest BCUT2D eigenvalue weighted by Gasteiger charge is 2.17. The number of carboxylic acids is 1. The van der Waals surface area contributed by atoms with Gasteiger partial charge in [-0.05, 0) is 29.2 Å². The second-order valence-corrected chi connectivity index (χ2v) is 4.35. The van der Waals surface area contributed by atoms with Crippen LogP contribution >= 0.6 is 0 Å². The van der Waals surface area contributed by atoms with E-state index < -0.39 is 5.97 Å². The van der Waals surface area contributed by atoms with Crippen LogP contribution in [-0.4, -0.2) is 31.3 Å². The molecular formula is C10H16N4O2. The number of nitrogens with zero attached hydrogens (tertiary/aromatic N) is 4. The van der Waals surface area contributed by atoms with E-state index in [1.54, 1.807) is 4.68 Å². The number of rotatable bonds is 4. The van der Waals surface area contributed by atoms with Crippen molar-refractivity contribution in [2.45, 2.75) is 45.1 Å². The summed E-state index contributed by atoms with van der Waals surface area (Å²) in [5, 5.41) is 19.8. The lowest BCUT2D eigenvalue weighted by Crippen LogP contribution is -2.18. The molecule has 6 heteroatoms. The molecule has 0 aliphatic heterocycles. The van der Waals surface area contributed by atoms with Crippen LogP contribution in [0.15, 0.2) is 0 Å². The highest BCUT2D eigenvalue weighted by molar-refractivity contribution is 5.68. The molecule has 0 aromatic carbocycles. The normalized spacial score (nSPS) is 17.5. The molecule has 1 aliphatic carbocycles. The van der Waals surface area contributed by atoms with E-state index in [1.807, 2.05) is 0 Å². The Labute approximate surface area is 93.6 Å². The van der Waals surface area contributed by atoms with E-state index in [0.717, 1.165) is 6.54 Å². The minimum absolute atomic E-state index is 0.0975. The van der Waals surface area contributed by atoms with Crippen LogP contribution in [0.25, 0.3) is 0 Å². The summed E-state index contributed by atoms with van der Waals surface area (Å²) in [7, 11) is 0. The van der Waals surface area contributed by atoms with Gasteiger partial charge in [0.05, 0.1) is 0 Å². The zero-order valence-electron chi connectivity index (χ0n) is 9.17. The second kappa shape index (κ2) is 5.05. The average molecular weight is 224 g/mol. The Bertz CT molecular complexity index is 357. The molecule has 0 bridgehead atoms. The predicted molar refractivity (Wildman–Crippen MR) is 55.7 cm³/mol. The highest BCUT2D eigenvalue weighted by atomic mass is 16.4. The maximum Gasteiger partial charge on any atom is 0.311 e. The quantitative estimate of drug-likeness (QED) is 0.821. The fraction of sp³-hybridized carbons (Fsp3) is 0.800. The average Bonchev–Trinajstić information content (AvgIpc) is 2.66. The Morgan fingerprint density at radius 2 is 2.12 bits per heavy atom. The Kier molecular flexibility index (Phi) is 3.48. The monoisotopic (exact) mass is 224 g/mol. The minimum Gasteiger partial charge on any atom is -0.481 e. The van der Waals surface area contributed by atoms with Gasteiger partial charge in [-0.25, -0.2) is 4.68 Å². The van der Waals surface area contributed by atoms with Gasteiger partial charge in [0.2, 0.25) is 0 Å². The molecule has 0 saturated heterocycles. The number of carbonyl (C=O) groups is 1. The molecule has 1 heterocycles. The molecular weight excluding hydrogens is 208 g/mol. The first-order valence-electron chi connectivity index (χ1n) is 5.72. The molecule has 0 unspecified atom stereocenters. The molecule has 0 radical (unpaired) electrons. The maximum absolute atomic E-state index is 10.6. The van der Waals surface area contributed by atoms with Gasteiger partial charge >= 0.3 is 5.97 Å². The van der Waals surface area contributed by atoms with Crippen molar-refractivity contribution in [1.82, 2.24) is 20.2 Å². The van der Waals surface area contributed by atoms with Crippen LogP contribution in [0.5, 0.6) is 0 Å². The molecule has 0 spiro atoms. The van der Waals surface area contributed by atoms with E-state index in [9.17, 15) is 4.79 Å². The van der Waals surface area contributed by atoms with Crippen LogP contribution in [-0.2, 0) is 17.8 Å². The van der Waals surface area contributed by atoms with Crippen molar-refractivity contribution in [3.05, 3.63) is 5.82 Å². The van der Waals surface area contributed by atoms with E-state index >= 15 is 0 Å². The Morgan fingerprint density at radius 1 is 1.38 bits per heavy atom. The van der Waals surface area contributed by atoms with Crippen LogP contribution in [0.2, 0.25) is 0 Å². The zero-order valence-corrected chi connectivity index (χ0v) is 9.17. The van der Waals surface area contributed by atoms with Gasteiger partial charge in [-0.2, -0.15) is 0 Å². The van der Waals surface area contributed by atoms with Crippen LogP contribution < -0.4 is 0 Å². The maximum atomic E-state index is 10.6. The van der Waals surface area contributed by atoms with Crippen LogP contribution in [0.1, 0.15) is 37.9 Å². The van der Waals surface area contributed by atoms with Crippen molar-refractivity contribution in [2.75, 3.05) is 0 Å². The fourth-order valence-electron chi connectivity index (χ4n) is 2.24.